The summed E-state index contributed by atoms with van der Waals surface area (Å²) in [7, 11) is -3.53. The van der Waals surface area contributed by atoms with Crippen LogP contribution in [-0.2, 0) is 15.8 Å². The van der Waals surface area contributed by atoms with Crippen molar-refractivity contribution in [3.05, 3.63) is 24.0 Å². The monoisotopic (exact) mass is 355 g/mol. The normalized spacial score (nSPS) is 16.0. The summed E-state index contributed by atoms with van der Waals surface area (Å²) in [6, 6.07) is 4.60. The Morgan fingerprint density at radius 2 is 1.83 bits per heavy atom. The standard InChI is InChI=1S/C13H17N5O3S2/c14-10-7-11(15)17-13(16-10)22-8-9-3-4-12(21-9)23(19,20)18-5-1-2-6-18/h3-4,7H,1-2,5-6,8H2,(H4,14,15,16,17). The van der Waals surface area contributed by atoms with Gasteiger partial charge in [-0.05, 0) is 25.0 Å². The van der Waals surface area contributed by atoms with Crippen LogP contribution in [0.1, 0.15) is 18.6 Å². The highest BCUT2D eigenvalue weighted by Crippen LogP contribution is 2.26. The molecule has 0 spiro atoms. The van der Waals surface area contributed by atoms with E-state index in [1.165, 1.54) is 28.2 Å². The highest BCUT2D eigenvalue weighted by molar-refractivity contribution is 7.98. The minimum Gasteiger partial charge on any atom is -0.447 e. The highest BCUT2D eigenvalue weighted by Gasteiger charge is 2.29. The van der Waals surface area contributed by atoms with Gasteiger partial charge in [-0.3, -0.25) is 0 Å². The molecule has 1 aliphatic heterocycles. The predicted molar refractivity (Wildman–Crippen MR) is 87.1 cm³/mol. The Hall–Kier alpha value is -1.78. The summed E-state index contributed by atoms with van der Waals surface area (Å²) in [6.07, 6.45) is 1.77. The smallest absolute Gasteiger partial charge is 0.276 e. The first-order chi connectivity index (χ1) is 10.9. The molecule has 0 radical (unpaired) electrons. The molecule has 0 amide bonds. The zero-order valence-corrected chi connectivity index (χ0v) is 13.9. The summed E-state index contributed by atoms with van der Waals surface area (Å²) in [5, 5.41) is 0.394. The molecule has 10 heteroatoms. The summed E-state index contributed by atoms with van der Waals surface area (Å²) in [6.45, 7) is 1.09. The van der Waals surface area contributed by atoms with Crippen molar-refractivity contribution in [2.24, 2.45) is 0 Å². The number of rotatable bonds is 5. The lowest BCUT2D eigenvalue weighted by Gasteiger charge is -2.12. The number of anilines is 2. The second-order valence-electron chi connectivity index (χ2n) is 5.12. The lowest BCUT2D eigenvalue weighted by atomic mass is 10.4. The van der Waals surface area contributed by atoms with E-state index in [9.17, 15) is 8.42 Å². The summed E-state index contributed by atoms with van der Waals surface area (Å²) in [4.78, 5) is 8.10. The van der Waals surface area contributed by atoms with E-state index in [2.05, 4.69) is 9.97 Å². The molecular formula is C13H17N5O3S2. The summed E-state index contributed by atoms with van der Waals surface area (Å²) in [5.74, 6) is 1.49. The van der Waals surface area contributed by atoms with Gasteiger partial charge in [0.25, 0.3) is 10.0 Å². The largest absolute Gasteiger partial charge is 0.447 e. The van der Waals surface area contributed by atoms with E-state index in [0.717, 1.165) is 12.8 Å². The van der Waals surface area contributed by atoms with Crippen LogP contribution < -0.4 is 11.5 Å². The minimum atomic E-state index is -3.53. The van der Waals surface area contributed by atoms with Crippen LogP contribution in [0, 0.1) is 0 Å². The maximum atomic E-state index is 12.4. The molecule has 0 unspecified atom stereocenters. The topological polar surface area (TPSA) is 128 Å². The molecule has 124 valence electrons. The van der Waals surface area contributed by atoms with Crippen molar-refractivity contribution in [2.45, 2.75) is 28.8 Å². The van der Waals surface area contributed by atoms with Crippen LogP contribution in [0.5, 0.6) is 0 Å². The van der Waals surface area contributed by atoms with Gasteiger partial charge in [0.2, 0.25) is 5.09 Å². The SMILES string of the molecule is Nc1cc(N)nc(SCc2ccc(S(=O)(=O)N3CCCC3)o2)n1. The van der Waals surface area contributed by atoms with E-state index in [4.69, 9.17) is 15.9 Å². The third-order valence-electron chi connectivity index (χ3n) is 3.38. The molecule has 23 heavy (non-hydrogen) atoms. The number of hydrogen-bond acceptors (Lipinski definition) is 8. The predicted octanol–water partition coefficient (Wildman–Crippen LogP) is 1.31. The number of thioether (sulfide) groups is 1. The lowest BCUT2D eigenvalue weighted by molar-refractivity contribution is 0.397. The Balaban J connectivity index is 1.70. The fourth-order valence-corrected chi connectivity index (χ4v) is 4.50. The van der Waals surface area contributed by atoms with E-state index in [0.29, 0.717) is 29.8 Å². The fourth-order valence-electron chi connectivity index (χ4n) is 2.29. The number of nitrogen functional groups attached to an aromatic ring is 2. The second kappa shape index (κ2) is 6.38. The first-order valence-electron chi connectivity index (χ1n) is 7.07. The van der Waals surface area contributed by atoms with Gasteiger partial charge < -0.3 is 15.9 Å². The second-order valence-corrected chi connectivity index (χ2v) is 7.93. The molecule has 0 atom stereocenters. The molecule has 2 aromatic rings. The van der Waals surface area contributed by atoms with Crippen molar-refractivity contribution in [2.75, 3.05) is 24.6 Å². The number of furan rings is 1. The Labute approximate surface area is 138 Å². The van der Waals surface area contributed by atoms with Gasteiger partial charge in [-0.2, -0.15) is 4.31 Å². The van der Waals surface area contributed by atoms with Crippen LogP contribution in [0.3, 0.4) is 0 Å². The van der Waals surface area contributed by atoms with Crippen molar-refractivity contribution in [3.8, 4) is 0 Å². The van der Waals surface area contributed by atoms with Crippen LogP contribution in [0.25, 0.3) is 0 Å². The summed E-state index contributed by atoms with van der Waals surface area (Å²) in [5.41, 5.74) is 11.2. The molecule has 2 aromatic heterocycles. The molecule has 8 nitrogen and oxygen atoms in total. The number of nitrogens with two attached hydrogens (primary N) is 2. The van der Waals surface area contributed by atoms with Crippen LogP contribution in [0.15, 0.2) is 32.9 Å². The third-order valence-corrected chi connectivity index (χ3v) is 6.03. The van der Waals surface area contributed by atoms with Crippen molar-refractivity contribution in [1.82, 2.24) is 14.3 Å². The van der Waals surface area contributed by atoms with Gasteiger partial charge in [0.15, 0.2) is 5.16 Å². The zero-order valence-electron chi connectivity index (χ0n) is 12.3. The fraction of sp³-hybridized carbons (Fsp3) is 0.385. The van der Waals surface area contributed by atoms with Gasteiger partial charge in [0.05, 0.1) is 5.75 Å². The van der Waals surface area contributed by atoms with Crippen LogP contribution in [0.2, 0.25) is 0 Å². The summed E-state index contributed by atoms with van der Waals surface area (Å²) >= 11 is 1.27. The van der Waals surface area contributed by atoms with Gasteiger partial charge in [-0.25, -0.2) is 18.4 Å². The van der Waals surface area contributed by atoms with Gasteiger partial charge in [0.1, 0.15) is 17.4 Å². The maximum Gasteiger partial charge on any atom is 0.276 e. The third kappa shape index (κ3) is 3.59. The number of sulfonamides is 1. The van der Waals surface area contributed by atoms with Crippen LogP contribution in [0.4, 0.5) is 11.6 Å². The zero-order chi connectivity index (χ0) is 16.4. The maximum absolute atomic E-state index is 12.4. The van der Waals surface area contributed by atoms with E-state index >= 15 is 0 Å². The van der Waals surface area contributed by atoms with Crippen molar-refractivity contribution in [1.29, 1.82) is 0 Å². The average Bonchev–Trinajstić information content (AvgIpc) is 3.16. The first kappa shape index (κ1) is 16.1. The molecule has 0 aromatic carbocycles. The Morgan fingerprint density at radius 3 is 2.48 bits per heavy atom. The summed E-state index contributed by atoms with van der Waals surface area (Å²) < 4.78 is 31.7. The van der Waals surface area contributed by atoms with Crippen molar-refractivity contribution >= 4 is 33.4 Å². The molecule has 1 aliphatic rings. The quantitative estimate of drug-likeness (QED) is 0.607. The average molecular weight is 355 g/mol. The van der Waals surface area contributed by atoms with E-state index in [1.54, 1.807) is 6.07 Å². The van der Waals surface area contributed by atoms with E-state index in [1.807, 2.05) is 0 Å². The Kier molecular flexibility index (Phi) is 4.46. The Bertz CT molecular complexity index is 779. The molecule has 3 rings (SSSR count). The van der Waals surface area contributed by atoms with Crippen LogP contribution >= 0.6 is 11.8 Å². The van der Waals surface area contributed by atoms with Crippen molar-refractivity contribution < 1.29 is 12.8 Å². The molecule has 3 heterocycles. The Morgan fingerprint density at radius 1 is 1.17 bits per heavy atom. The van der Waals surface area contributed by atoms with Crippen LogP contribution in [-0.4, -0.2) is 35.8 Å². The first-order valence-corrected chi connectivity index (χ1v) is 9.49. The number of hydrogen-bond donors (Lipinski definition) is 2. The molecule has 0 aliphatic carbocycles. The molecule has 0 saturated carbocycles. The van der Waals surface area contributed by atoms with Gasteiger partial charge in [-0.15, -0.1) is 0 Å². The number of aromatic nitrogens is 2. The van der Waals surface area contributed by atoms with Crippen molar-refractivity contribution in [3.63, 3.8) is 0 Å². The molecular weight excluding hydrogens is 338 g/mol. The minimum absolute atomic E-state index is 0.0250. The molecule has 4 N–H and O–H groups in total. The van der Waals surface area contributed by atoms with E-state index in [-0.39, 0.29) is 16.7 Å². The van der Waals surface area contributed by atoms with E-state index < -0.39 is 10.0 Å². The van der Waals surface area contributed by atoms with Gasteiger partial charge in [0, 0.05) is 19.2 Å². The van der Waals surface area contributed by atoms with Gasteiger partial charge in [-0.1, -0.05) is 11.8 Å². The lowest BCUT2D eigenvalue weighted by Crippen LogP contribution is -2.27. The molecule has 1 fully saturated rings. The molecule has 0 bridgehead atoms. The number of nitrogens with zero attached hydrogens (tertiary/aromatic N) is 3. The molecule has 1 saturated heterocycles. The highest BCUT2D eigenvalue weighted by atomic mass is 32.2. The van der Waals surface area contributed by atoms with Gasteiger partial charge >= 0.3 is 0 Å².